The van der Waals surface area contributed by atoms with Crippen LogP contribution in [0.5, 0.6) is 11.8 Å². The van der Waals surface area contributed by atoms with Gasteiger partial charge in [0.15, 0.2) is 0 Å². The van der Waals surface area contributed by atoms with Gasteiger partial charge in [-0.15, -0.1) is 5.10 Å². The van der Waals surface area contributed by atoms with Gasteiger partial charge in [-0.25, -0.2) is 5.10 Å². The van der Waals surface area contributed by atoms with Crippen LogP contribution in [0.2, 0.25) is 0 Å². The summed E-state index contributed by atoms with van der Waals surface area (Å²) < 4.78 is 6.24. The second-order valence-corrected chi connectivity index (χ2v) is 5.82. The third-order valence-corrected chi connectivity index (χ3v) is 3.60. The Labute approximate surface area is 135 Å². The molecule has 7 nitrogen and oxygen atoms in total. The Balaban J connectivity index is 2.25. The Bertz CT molecular complexity index is 629. The number of aromatic amines is 1. The Morgan fingerprint density at radius 3 is 2.84 bits per heavy atom. The first-order chi connectivity index (χ1) is 9.01. The molecular formula is C10H8I2N4O3. The molecule has 0 spiro atoms. The smallest absolute Gasteiger partial charge is 0.336 e. The van der Waals surface area contributed by atoms with Crippen LogP contribution >= 0.6 is 45.2 Å². The van der Waals surface area contributed by atoms with E-state index in [2.05, 4.69) is 43.1 Å². The normalized spacial score (nSPS) is 10.3. The van der Waals surface area contributed by atoms with E-state index in [0.717, 1.165) is 3.57 Å². The molecule has 0 bridgehead atoms. The Morgan fingerprint density at radius 2 is 2.21 bits per heavy atom. The number of benzene rings is 1. The maximum atomic E-state index is 12.0. The lowest BCUT2D eigenvalue weighted by Gasteiger charge is -2.06. The summed E-state index contributed by atoms with van der Waals surface area (Å²) in [4.78, 5) is 15.9. The van der Waals surface area contributed by atoms with Gasteiger partial charge in [0.25, 0.3) is 5.91 Å². The third-order valence-electron chi connectivity index (χ3n) is 2.15. The number of H-pyrrole nitrogens is 1. The molecule has 0 radical (unpaired) electrons. The van der Waals surface area contributed by atoms with E-state index in [1.807, 2.05) is 22.6 Å². The maximum absolute atomic E-state index is 12.0. The number of aromatic nitrogens is 3. The number of carbonyl (C=O) groups is 1. The van der Waals surface area contributed by atoms with Gasteiger partial charge in [0.2, 0.25) is 5.95 Å². The van der Waals surface area contributed by atoms with Gasteiger partial charge in [-0.1, -0.05) is 0 Å². The van der Waals surface area contributed by atoms with E-state index in [1.165, 1.54) is 7.11 Å². The number of phenolic OH excluding ortho intramolecular Hbond substituents is 1. The van der Waals surface area contributed by atoms with Crippen molar-refractivity contribution in [3.8, 4) is 11.8 Å². The van der Waals surface area contributed by atoms with Crippen LogP contribution in [0.15, 0.2) is 12.1 Å². The highest BCUT2D eigenvalue weighted by Gasteiger charge is 2.16. The number of aromatic hydroxyl groups is 1. The highest BCUT2D eigenvalue weighted by atomic mass is 127. The number of rotatable bonds is 3. The fourth-order valence-electron chi connectivity index (χ4n) is 1.31. The second kappa shape index (κ2) is 5.90. The van der Waals surface area contributed by atoms with E-state index >= 15 is 0 Å². The molecule has 0 aliphatic carbocycles. The molecule has 19 heavy (non-hydrogen) atoms. The summed E-state index contributed by atoms with van der Waals surface area (Å²) in [6.07, 6.45) is 0. The molecule has 0 saturated heterocycles. The number of nitrogens with zero attached hydrogens (tertiary/aromatic N) is 2. The zero-order chi connectivity index (χ0) is 14.0. The van der Waals surface area contributed by atoms with E-state index < -0.39 is 5.91 Å². The summed E-state index contributed by atoms with van der Waals surface area (Å²) in [7, 11) is 1.42. The summed E-state index contributed by atoms with van der Waals surface area (Å²) in [5.41, 5.74) is 0.173. The van der Waals surface area contributed by atoms with Crippen molar-refractivity contribution >= 4 is 57.0 Å². The van der Waals surface area contributed by atoms with E-state index in [-0.39, 0.29) is 23.3 Å². The van der Waals surface area contributed by atoms with Gasteiger partial charge in [0.05, 0.1) is 16.2 Å². The Kier molecular flexibility index (Phi) is 4.44. The van der Waals surface area contributed by atoms with Gasteiger partial charge >= 0.3 is 6.01 Å². The molecule has 9 heteroatoms. The molecule has 1 heterocycles. The summed E-state index contributed by atoms with van der Waals surface area (Å²) in [6, 6.07) is 3.47. The molecule has 0 aliphatic heterocycles. The molecule has 0 aliphatic rings. The minimum absolute atomic E-state index is 0.0648. The minimum Gasteiger partial charge on any atom is -0.506 e. The van der Waals surface area contributed by atoms with Gasteiger partial charge in [-0.2, -0.15) is 4.98 Å². The predicted octanol–water partition coefficient (Wildman–Crippen LogP) is 1.98. The second-order valence-electron chi connectivity index (χ2n) is 3.41. The van der Waals surface area contributed by atoms with Crippen molar-refractivity contribution < 1.29 is 14.6 Å². The largest absolute Gasteiger partial charge is 0.506 e. The summed E-state index contributed by atoms with van der Waals surface area (Å²) in [5, 5.41) is 18.6. The summed E-state index contributed by atoms with van der Waals surface area (Å²) in [5.74, 6) is -0.396. The zero-order valence-electron chi connectivity index (χ0n) is 9.57. The van der Waals surface area contributed by atoms with Crippen molar-refractivity contribution in [1.29, 1.82) is 0 Å². The standard InChI is InChI=1S/C10H8I2N4O3/c1-19-10-14-9(15-16-10)13-8(18)5-2-4(11)3-6(12)7(5)17/h2-3,17H,1H3,(H2,13,14,15,16,18). The Morgan fingerprint density at radius 1 is 1.47 bits per heavy atom. The number of ether oxygens (including phenoxy) is 1. The first-order valence-corrected chi connectivity index (χ1v) is 7.12. The molecule has 1 aromatic heterocycles. The quantitative estimate of drug-likeness (QED) is 0.577. The fourth-order valence-corrected chi connectivity index (χ4v) is 3.15. The van der Waals surface area contributed by atoms with Gasteiger partial charge in [0, 0.05) is 3.57 Å². The average Bonchev–Trinajstić information content (AvgIpc) is 2.81. The number of phenols is 1. The van der Waals surface area contributed by atoms with Crippen molar-refractivity contribution in [1.82, 2.24) is 15.2 Å². The van der Waals surface area contributed by atoms with Gasteiger partial charge in [-0.05, 0) is 57.3 Å². The fraction of sp³-hybridized carbons (Fsp3) is 0.100. The van der Waals surface area contributed by atoms with Crippen molar-refractivity contribution in [2.24, 2.45) is 0 Å². The number of methoxy groups -OCH3 is 1. The van der Waals surface area contributed by atoms with Crippen LogP contribution in [-0.4, -0.2) is 33.3 Å². The Hall–Kier alpha value is -1.11. The predicted molar refractivity (Wildman–Crippen MR) is 84.4 cm³/mol. The summed E-state index contributed by atoms with van der Waals surface area (Å²) in [6.45, 7) is 0. The lowest BCUT2D eigenvalue weighted by Crippen LogP contribution is -2.14. The topological polar surface area (TPSA) is 100 Å². The molecule has 100 valence electrons. The van der Waals surface area contributed by atoms with Gasteiger partial charge < -0.3 is 9.84 Å². The number of nitrogens with one attached hydrogen (secondary N) is 2. The lowest BCUT2D eigenvalue weighted by atomic mass is 10.2. The number of hydrogen-bond acceptors (Lipinski definition) is 5. The molecular weight excluding hydrogens is 478 g/mol. The molecule has 1 aromatic carbocycles. The van der Waals surface area contributed by atoms with E-state index in [1.54, 1.807) is 12.1 Å². The zero-order valence-corrected chi connectivity index (χ0v) is 13.9. The van der Waals surface area contributed by atoms with Gasteiger partial charge in [0.1, 0.15) is 5.75 Å². The SMILES string of the molecule is COc1n[nH]c(NC(=O)c2cc(I)cc(I)c2O)n1. The van der Waals surface area contributed by atoms with Crippen LogP contribution in [0.1, 0.15) is 10.4 Å². The molecule has 1 amide bonds. The molecule has 2 rings (SSSR count). The third kappa shape index (κ3) is 3.26. The van der Waals surface area contributed by atoms with Crippen molar-refractivity contribution in [3.63, 3.8) is 0 Å². The van der Waals surface area contributed by atoms with Crippen molar-refractivity contribution in [2.75, 3.05) is 12.4 Å². The first-order valence-electron chi connectivity index (χ1n) is 4.97. The number of hydrogen-bond donors (Lipinski definition) is 3. The van der Waals surface area contributed by atoms with Crippen molar-refractivity contribution in [3.05, 3.63) is 24.8 Å². The number of amides is 1. The number of halogens is 2. The first kappa shape index (κ1) is 14.3. The number of anilines is 1. The van der Waals surface area contributed by atoms with Crippen LogP contribution in [0.25, 0.3) is 0 Å². The van der Waals surface area contributed by atoms with E-state index in [9.17, 15) is 9.90 Å². The van der Waals surface area contributed by atoms with Crippen LogP contribution < -0.4 is 10.1 Å². The summed E-state index contributed by atoms with van der Waals surface area (Å²) >= 11 is 4.03. The molecule has 2 aromatic rings. The molecule has 0 atom stereocenters. The molecule has 0 unspecified atom stereocenters. The molecule has 0 saturated carbocycles. The highest BCUT2D eigenvalue weighted by molar-refractivity contribution is 14.1. The highest BCUT2D eigenvalue weighted by Crippen LogP contribution is 2.27. The number of carbonyl (C=O) groups excluding carboxylic acids is 1. The van der Waals surface area contributed by atoms with Crippen LogP contribution in [0, 0.1) is 7.14 Å². The molecule has 3 N–H and O–H groups in total. The van der Waals surface area contributed by atoms with Crippen LogP contribution in [-0.2, 0) is 0 Å². The minimum atomic E-state index is -0.479. The van der Waals surface area contributed by atoms with Crippen LogP contribution in [0.3, 0.4) is 0 Å². The van der Waals surface area contributed by atoms with Gasteiger partial charge in [-0.3, -0.25) is 10.1 Å². The monoisotopic (exact) mass is 486 g/mol. The van der Waals surface area contributed by atoms with Crippen molar-refractivity contribution in [2.45, 2.75) is 0 Å². The van der Waals surface area contributed by atoms with E-state index in [0.29, 0.717) is 3.57 Å². The lowest BCUT2D eigenvalue weighted by molar-refractivity contribution is 0.102. The van der Waals surface area contributed by atoms with E-state index in [4.69, 9.17) is 4.74 Å². The average molecular weight is 486 g/mol. The molecule has 0 fully saturated rings. The maximum Gasteiger partial charge on any atom is 0.336 e. The van der Waals surface area contributed by atoms with Crippen LogP contribution in [0.4, 0.5) is 5.95 Å².